The lowest BCUT2D eigenvalue weighted by Gasteiger charge is -2.04. The molecular formula is C11H11N7O. The van der Waals surface area contributed by atoms with Gasteiger partial charge in [0.1, 0.15) is 5.75 Å². The van der Waals surface area contributed by atoms with Gasteiger partial charge in [0.05, 0.1) is 12.8 Å². The highest BCUT2D eigenvalue weighted by Crippen LogP contribution is 2.21. The molecule has 96 valence electrons. The summed E-state index contributed by atoms with van der Waals surface area (Å²) >= 11 is 0. The number of aromatic nitrogens is 5. The zero-order chi connectivity index (χ0) is 13.4. The monoisotopic (exact) mass is 257 g/mol. The van der Waals surface area contributed by atoms with E-state index in [0.717, 1.165) is 5.69 Å². The summed E-state index contributed by atoms with van der Waals surface area (Å²) in [6.07, 6.45) is 0. The molecule has 0 fully saturated rings. The molecule has 3 rings (SSSR count). The fourth-order valence-electron chi connectivity index (χ4n) is 1.77. The lowest BCUT2D eigenvalue weighted by molar-refractivity contribution is 0.414. The van der Waals surface area contributed by atoms with Gasteiger partial charge in [-0.25, -0.2) is 0 Å². The van der Waals surface area contributed by atoms with Crippen LogP contribution in [-0.4, -0.2) is 32.1 Å². The number of nitrogens with two attached hydrogens (primary N) is 2. The summed E-state index contributed by atoms with van der Waals surface area (Å²) in [5, 5.41) is 7.97. The van der Waals surface area contributed by atoms with E-state index in [4.69, 9.17) is 16.2 Å². The second-order valence-electron chi connectivity index (χ2n) is 3.84. The van der Waals surface area contributed by atoms with Crippen molar-refractivity contribution in [2.45, 2.75) is 0 Å². The first kappa shape index (κ1) is 11.2. The molecule has 2 aromatic heterocycles. The largest absolute Gasteiger partial charge is 0.497 e. The number of ether oxygens (including phenoxy) is 1. The minimum atomic E-state index is 0.0800. The van der Waals surface area contributed by atoms with E-state index < -0.39 is 0 Å². The Hall–Kier alpha value is -2.90. The topological polar surface area (TPSA) is 118 Å². The maximum atomic E-state index is 5.73. The third kappa shape index (κ3) is 1.79. The van der Waals surface area contributed by atoms with E-state index in [0.29, 0.717) is 16.9 Å². The van der Waals surface area contributed by atoms with Gasteiger partial charge < -0.3 is 16.2 Å². The first-order valence-electron chi connectivity index (χ1n) is 5.48. The Labute approximate surface area is 108 Å². The standard InChI is InChI=1S/C11H11N7O/c1-19-7-4-2-3-6(5-7)18-10-8(16-17-18)9(12)14-11(13)15-10/h2-5H,1H3,(H4,12,13,14,15). The molecule has 8 nitrogen and oxygen atoms in total. The van der Waals surface area contributed by atoms with Crippen LogP contribution in [0.2, 0.25) is 0 Å². The zero-order valence-corrected chi connectivity index (χ0v) is 10.1. The molecule has 0 aliphatic heterocycles. The highest BCUT2D eigenvalue weighted by molar-refractivity contribution is 5.83. The van der Waals surface area contributed by atoms with Crippen molar-refractivity contribution in [1.29, 1.82) is 0 Å². The van der Waals surface area contributed by atoms with E-state index in [2.05, 4.69) is 20.3 Å². The fourth-order valence-corrected chi connectivity index (χ4v) is 1.77. The van der Waals surface area contributed by atoms with Crippen molar-refractivity contribution in [1.82, 2.24) is 25.0 Å². The summed E-state index contributed by atoms with van der Waals surface area (Å²) in [5.41, 5.74) is 12.9. The SMILES string of the molecule is COc1cccc(-n2nnc3c(N)nc(N)nc32)c1. The van der Waals surface area contributed by atoms with Crippen molar-refractivity contribution in [2.75, 3.05) is 18.6 Å². The number of benzene rings is 1. The van der Waals surface area contributed by atoms with Crippen LogP contribution in [0, 0.1) is 0 Å². The predicted molar refractivity (Wildman–Crippen MR) is 69.8 cm³/mol. The molecule has 2 heterocycles. The summed E-state index contributed by atoms with van der Waals surface area (Å²) in [4.78, 5) is 7.96. The molecule has 0 amide bonds. The molecule has 19 heavy (non-hydrogen) atoms. The Balaban J connectivity index is 2.25. The molecule has 0 aliphatic rings. The van der Waals surface area contributed by atoms with Crippen molar-refractivity contribution >= 4 is 22.9 Å². The predicted octanol–water partition coefficient (Wildman–Crippen LogP) is 0.383. The molecule has 0 atom stereocenters. The van der Waals surface area contributed by atoms with Gasteiger partial charge in [-0.15, -0.1) is 5.10 Å². The zero-order valence-electron chi connectivity index (χ0n) is 10.1. The van der Waals surface area contributed by atoms with E-state index in [1.165, 1.54) is 4.68 Å². The van der Waals surface area contributed by atoms with Gasteiger partial charge in [-0.2, -0.15) is 14.6 Å². The van der Waals surface area contributed by atoms with Crippen molar-refractivity contribution in [3.05, 3.63) is 24.3 Å². The van der Waals surface area contributed by atoms with Gasteiger partial charge in [0, 0.05) is 6.07 Å². The molecule has 0 bridgehead atoms. The first-order valence-corrected chi connectivity index (χ1v) is 5.48. The minimum Gasteiger partial charge on any atom is -0.497 e. The summed E-state index contributed by atoms with van der Waals surface area (Å²) in [7, 11) is 1.59. The molecule has 0 saturated heterocycles. The van der Waals surface area contributed by atoms with E-state index in [-0.39, 0.29) is 11.8 Å². The van der Waals surface area contributed by atoms with Gasteiger partial charge in [0.15, 0.2) is 17.0 Å². The van der Waals surface area contributed by atoms with Crippen molar-refractivity contribution in [3.8, 4) is 11.4 Å². The van der Waals surface area contributed by atoms with Gasteiger partial charge in [-0.1, -0.05) is 11.3 Å². The van der Waals surface area contributed by atoms with E-state index in [1.54, 1.807) is 7.11 Å². The van der Waals surface area contributed by atoms with E-state index in [9.17, 15) is 0 Å². The van der Waals surface area contributed by atoms with Crippen molar-refractivity contribution < 1.29 is 4.74 Å². The highest BCUT2D eigenvalue weighted by atomic mass is 16.5. The lowest BCUT2D eigenvalue weighted by atomic mass is 10.3. The van der Waals surface area contributed by atoms with Crippen molar-refractivity contribution in [2.24, 2.45) is 0 Å². The average Bonchev–Trinajstić information content (AvgIpc) is 2.82. The maximum absolute atomic E-state index is 5.73. The molecule has 0 unspecified atom stereocenters. The van der Waals surface area contributed by atoms with Crippen LogP contribution in [0.5, 0.6) is 5.75 Å². The van der Waals surface area contributed by atoms with Crippen LogP contribution in [0.25, 0.3) is 16.9 Å². The van der Waals surface area contributed by atoms with Crippen LogP contribution in [0.1, 0.15) is 0 Å². The number of hydrogen-bond donors (Lipinski definition) is 2. The first-order chi connectivity index (χ1) is 9.19. The Morgan fingerprint density at radius 2 is 2.05 bits per heavy atom. The fraction of sp³-hybridized carbons (Fsp3) is 0.0909. The van der Waals surface area contributed by atoms with Crippen LogP contribution in [0.4, 0.5) is 11.8 Å². The summed E-state index contributed by atoms with van der Waals surface area (Å²) in [5.74, 6) is 0.990. The van der Waals surface area contributed by atoms with E-state index >= 15 is 0 Å². The van der Waals surface area contributed by atoms with Crippen LogP contribution in [0.3, 0.4) is 0 Å². The Bertz CT molecular complexity index is 752. The van der Waals surface area contributed by atoms with E-state index in [1.807, 2.05) is 24.3 Å². The van der Waals surface area contributed by atoms with Gasteiger partial charge in [0.25, 0.3) is 0 Å². The van der Waals surface area contributed by atoms with Crippen molar-refractivity contribution in [3.63, 3.8) is 0 Å². The normalized spacial score (nSPS) is 10.8. The molecule has 0 spiro atoms. The number of methoxy groups -OCH3 is 1. The third-order valence-corrected chi connectivity index (χ3v) is 2.64. The van der Waals surface area contributed by atoms with Gasteiger partial charge in [-0.3, -0.25) is 0 Å². The second kappa shape index (κ2) is 4.09. The quantitative estimate of drug-likeness (QED) is 0.681. The van der Waals surface area contributed by atoms with Gasteiger partial charge >= 0.3 is 0 Å². The molecule has 0 radical (unpaired) electrons. The number of anilines is 2. The maximum Gasteiger partial charge on any atom is 0.224 e. The molecule has 8 heteroatoms. The summed E-state index contributed by atoms with van der Waals surface area (Å²) < 4.78 is 6.70. The lowest BCUT2D eigenvalue weighted by Crippen LogP contribution is -2.03. The summed E-state index contributed by atoms with van der Waals surface area (Å²) in [6.45, 7) is 0. The molecule has 0 saturated carbocycles. The number of nitrogen functional groups attached to an aromatic ring is 2. The number of fused-ring (bicyclic) bond motifs is 1. The minimum absolute atomic E-state index is 0.0800. The Kier molecular flexibility index (Phi) is 2.41. The number of rotatable bonds is 2. The summed E-state index contributed by atoms with van der Waals surface area (Å²) in [6, 6.07) is 7.34. The van der Waals surface area contributed by atoms with Gasteiger partial charge in [0.2, 0.25) is 5.95 Å². The Morgan fingerprint density at radius 3 is 2.84 bits per heavy atom. The number of nitrogens with zero attached hydrogens (tertiary/aromatic N) is 5. The third-order valence-electron chi connectivity index (χ3n) is 2.64. The highest BCUT2D eigenvalue weighted by Gasteiger charge is 2.13. The molecule has 0 aliphatic carbocycles. The van der Waals surface area contributed by atoms with Crippen LogP contribution < -0.4 is 16.2 Å². The second-order valence-corrected chi connectivity index (χ2v) is 3.84. The van der Waals surface area contributed by atoms with Crippen LogP contribution in [0.15, 0.2) is 24.3 Å². The number of hydrogen-bond acceptors (Lipinski definition) is 7. The van der Waals surface area contributed by atoms with Gasteiger partial charge in [-0.05, 0) is 12.1 Å². The smallest absolute Gasteiger partial charge is 0.224 e. The molecule has 4 N–H and O–H groups in total. The molecule has 3 aromatic rings. The van der Waals surface area contributed by atoms with Crippen LogP contribution in [-0.2, 0) is 0 Å². The average molecular weight is 257 g/mol. The molecule has 1 aromatic carbocycles. The Morgan fingerprint density at radius 1 is 1.21 bits per heavy atom. The molecular weight excluding hydrogens is 246 g/mol. The van der Waals surface area contributed by atoms with Crippen LogP contribution >= 0.6 is 0 Å².